The summed E-state index contributed by atoms with van der Waals surface area (Å²) in [4.78, 5) is 28.8. The first-order valence-electron chi connectivity index (χ1n) is 11.3. The van der Waals surface area contributed by atoms with Crippen LogP contribution in [0.25, 0.3) is 10.9 Å². The summed E-state index contributed by atoms with van der Waals surface area (Å²) in [7, 11) is 0. The van der Waals surface area contributed by atoms with E-state index < -0.39 is 29.6 Å². The van der Waals surface area contributed by atoms with Crippen LogP contribution in [0.3, 0.4) is 0 Å². The average molecular weight is 479 g/mol. The predicted molar refractivity (Wildman–Crippen MR) is 135 cm³/mol. The van der Waals surface area contributed by atoms with Crippen molar-refractivity contribution in [3.63, 3.8) is 0 Å². The molecule has 10 nitrogen and oxygen atoms in total. The Morgan fingerprint density at radius 3 is 2.26 bits per heavy atom. The van der Waals surface area contributed by atoms with Crippen molar-refractivity contribution in [1.82, 2.24) is 15.1 Å². The van der Waals surface area contributed by atoms with Crippen LogP contribution in [-0.2, 0) is 9.47 Å². The summed E-state index contributed by atoms with van der Waals surface area (Å²) in [6, 6.07) is 11.3. The zero-order chi connectivity index (χ0) is 25.4. The van der Waals surface area contributed by atoms with Crippen LogP contribution < -0.4 is 16.2 Å². The molecule has 0 saturated carbocycles. The van der Waals surface area contributed by atoms with E-state index in [1.807, 2.05) is 71.9 Å². The minimum atomic E-state index is -0.604. The molecule has 0 saturated heterocycles. The Morgan fingerprint density at radius 1 is 0.914 bits per heavy atom. The molecule has 0 radical (unpaired) electrons. The van der Waals surface area contributed by atoms with Crippen molar-refractivity contribution >= 4 is 40.7 Å². The smallest absolute Gasteiger partial charge is 0.435 e. The molecule has 2 heterocycles. The van der Waals surface area contributed by atoms with Gasteiger partial charge in [0.2, 0.25) is 0 Å². The van der Waals surface area contributed by atoms with Gasteiger partial charge in [0.15, 0.2) is 0 Å². The van der Waals surface area contributed by atoms with E-state index in [0.717, 1.165) is 27.9 Å². The van der Waals surface area contributed by atoms with E-state index in [0.29, 0.717) is 5.52 Å². The Balaban J connectivity index is 1.40. The topological polar surface area (TPSA) is 119 Å². The molecule has 1 aliphatic rings. The number of benzene rings is 2. The van der Waals surface area contributed by atoms with E-state index in [-0.39, 0.29) is 0 Å². The van der Waals surface area contributed by atoms with Crippen molar-refractivity contribution in [1.29, 1.82) is 0 Å². The number of alkyl carbamates (subject to hydrolysis) is 1. The summed E-state index contributed by atoms with van der Waals surface area (Å²) in [6.07, 6.45) is 1.83. The Morgan fingerprint density at radius 2 is 1.57 bits per heavy atom. The number of hydrogen-bond donors (Lipinski definition) is 3. The maximum atomic E-state index is 12.4. The number of anilines is 2. The molecule has 184 valence electrons. The lowest BCUT2D eigenvalue weighted by molar-refractivity contribution is 0.0500. The van der Waals surface area contributed by atoms with Gasteiger partial charge in [0, 0.05) is 22.7 Å². The van der Waals surface area contributed by atoms with Crippen LogP contribution in [0.1, 0.15) is 58.8 Å². The first-order valence-corrected chi connectivity index (χ1v) is 11.3. The van der Waals surface area contributed by atoms with Gasteiger partial charge in [-0.1, -0.05) is 6.07 Å². The molecule has 1 aliphatic heterocycles. The van der Waals surface area contributed by atoms with Crippen molar-refractivity contribution in [2.24, 2.45) is 4.99 Å². The van der Waals surface area contributed by atoms with Gasteiger partial charge in [-0.05, 0) is 71.9 Å². The van der Waals surface area contributed by atoms with Crippen LogP contribution in [0.4, 0.5) is 21.0 Å². The standard InChI is InChI=1S/C25H30N6O4/c1-24(2,3)34-22(32)28-21-19-9-7-17(11-15(19)13-26-21)29-30-18-8-10-20-16(12-18)14-27-31(20)23(33)35-25(4,5)6/h7-14,21,29-30H,1-6H3,(H,28,32). The predicted octanol–water partition coefficient (Wildman–Crippen LogP) is 5.21. The molecular formula is C25H30N6O4. The SMILES string of the molecule is CC(C)(C)OC(=O)NC1N=Cc2cc(NNc3ccc4c(cnn4C(=O)OC(C)(C)C)c3)ccc21. The van der Waals surface area contributed by atoms with Crippen molar-refractivity contribution in [3.05, 3.63) is 53.7 Å². The van der Waals surface area contributed by atoms with Gasteiger partial charge in [0.05, 0.1) is 23.1 Å². The van der Waals surface area contributed by atoms with Gasteiger partial charge in [-0.3, -0.25) is 10.3 Å². The summed E-state index contributed by atoms with van der Waals surface area (Å²) in [5.74, 6) is 0. The van der Waals surface area contributed by atoms with Crippen LogP contribution in [0.2, 0.25) is 0 Å². The van der Waals surface area contributed by atoms with Gasteiger partial charge in [-0.2, -0.15) is 9.78 Å². The molecule has 4 rings (SSSR count). The number of hydrazine groups is 1. The second-order valence-electron chi connectivity index (χ2n) is 10.2. The van der Waals surface area contributed by atoms with Gasteiger partial charge < -0.3 is 20.3 Å². The third-order valence-electron chi connectivity index (χ3n) is 4.88. The number of aromatic nitrogens is 2. The van der Waals surface area contributed by atoms with Gasteiger partial charge >= 0.3 is 12.2 Å². The minimum Gasteiger partial charge on any atom is -0.444 e. The summed E-state index contributed by atoms with van der Waals surface area (Å²) in [5.41, 5.74) is 9.18. The Bertz CT molecular complexity index is 1300. The Hall–Kier alpha value is -4.08. The highest BCUT2D eigenvalue weighted by Gasteiger charge is 2.24. The lowest BCUT2D eigenvalue weighted by Gasteiger charge is -2.21. The molecule has 2 aromatic carbocycles. The van der Waals surface area contributed by atoms with Crippen molar-refractivity contribution in [2.45, 2.75) is 58.9 Å². The van der Waals surface area contributed by atoms with E-state index in [1.165, 1.54) is 4.68 Å². The number of hydrogen-bond acceptors (Lipinski definition) is 8. The van der Waals surface area contributed by atoms with E-state index in [4.69, 9.17) is 9.47 Å². The monoisotopic (exact) mass is 478 g/mol. The highest BCUT2D eigenvalue weighted by molar-refractivity contribution is 5.90. The van der Waals surface area contributed by atoms with Gasteiger partial charge in [0.25, 0.3) is 0 Å². The molecule has 3 N–H and O–H groups in total. The van der Waals surface area contributed by atoms with E-state index >= 15 is 0 Å². The molecule has 1 amide bonds. The molecule has 0 aliphatic carbocycles. The number of carbonyl (C=O) groups excluding carboxylic acids is 2. The molecule has 0 bridgehead atoms. The third kappa shape index (κ3) is 5.89. The van der Waals surface area contributed by atoms with Gasteiger partial charge in [-0.25, -0.2) is 9.59 Å². The average Bonchev–Trinajstić information content (AvgIpc) is 3.33. The summed E-state index contributed by atoms with van der Waals surface area (Å²) < 4.78 is 12.0. The number of amides is 1. The number of nitrogens with one attached hydrogen (secondary N) is 3. The number of ether oxygens (including phenoxy) is 2. The second kappa shape index (κ2) is 8.94. The number of rotatable bonds is 4. The zero-order valence-corrected chi connectivity index (χ0v) is 20.7. The van der Waals surface area contributed by atoms with Gasteiger partial charge in [0.1, 0.15) is 17.4 Å². The van der Waals surface area contributed by atoms with E-state index in [9.17, 15) is 9.59 Å². The van der Waals surface area contributed by atoms with Crippen LogP contribution in [0.15, 0.2) is 47.6 Å². The van der Waals surface area contributed by atoms with Crippen LogP contribution in [0, 0.1) is 0 Å². The molecule has 0 spiro atoms. The van der Waals surface area contributed by atoms with Crippen molar-refractivity contribution in [3.8, 4) is 0 Å². The zero-order valence-electron chi connectivity index (χ0n) is 20.7. The summed E-state index contributed by atoms with van der Waals surface area (Å²) in [5, 5.41) is 7.73. The molecule has 1 atom stereocenters. The first kappa shape index (κ1) is 24.1. The Kier molecular flexibility index (Phi) is 6.14. The first-order chi connectivity index (χ1) is 16.4. The largest absolute Gasteiger partial charge is 0.444 e. The van der Waals surface area contributed by atoms with Crippen LogP contribution in [-0.4, -0.2) is 39.4 Å². The maximum Gasteiger partial charge on any atom is 0.435 e. The second-order valence-corrected chi connectivity index (χ2v) is 10.2. The highest BCUT2D eigenvalue weighted by Crippen LogP contribution is 2.28. The number of nitrogens with zero attached hydrogens (tertiary/aromatic N) is 3. The molecule has 0 fully saturated rings. The van der Waals surface area contributed by atoms with Crippen LogP contribution >= 0.6 is 0 Å². The summed E-state index contributed by atoms with van der Waals surface area (Å²) in [6.45, 7) is 10.9. The lowest BCUT2D eigenvalue weighted by atomic mass is 10.1. The fourth-order valence-corrected chi connectivity index (χ4v) is 3.49. The normalized spacial score (nSPS) is 15.0. The number of fused-ring (bicyclic) bond motifs is 2. The maximum absolute atomic E-state index is 12.4. The summed E-state index contributed by atoms with van der Waals surface area (Å²) >= 11 is 0. The molecule has 1 unspecified atom stereocenters. The number of carbonyl (C=O) groups is 2. The van der Waals surface area contributed by atoms with E-state index in [2.05, 4.69) is 26.3 Å². The highest BCUT2D eigenvalue weighted by atomic mass is 16.6. The quantitative estimate of drug-likeness (QED) is 0.440. The molecular weight excluding hydrogens is 448 g/mol. The molecule has 3 aromatic rings. The fraction of sp³-hybridized carbons (Fsp3) is 0.360. The molecule has 10 heteroatoms. The minimum absolute atomic E-state index is 0.481. The fourth-order valence-electron chi connectivity index (χ4n) is 3.49. The molecule has 35 heavy (non-hydrogen) atoms. The number of aliphatic imine (C=N–C) groups is 1. The Labute approximate surface area is 203 Å². The van der Waals surface area contributed by atoms with E-state index in [1.54, 1.807) is 18.5 Å². The lowest BCUT2D eigenvalue weighted by Crippen LogP contribution is -2.34. The van der Waals surface area contributed by atoms with Crippen molar-refractivity contribution < 1.29 is 19.1 Å². The van der Waals surface area contributed by atoms with Crippen LogP contribution in [0.5, 0.6) is 0 Å². The van der Waals surface area contributed by atoms with Gasteiger partial charge in [-0.15, -0.1) is 0 Å². The molecule has 1 aromatic heterocycles. The third-order valence-corrected chi connectivity index (χ3v) is 4.88. The van der Waals surface area contributed by atoms with Crippen molar-refractivity contribution in [2.75, 3.05) is 10.9 Å².